The van der Waals surface area contributed by atoms with Crippen molar-refractivity contribution in [3.05, 3.63) is 29.5 Å². The standard InChI is InChI=1S/C15H18N2O3/c1-9(2)17-7-11-13(20-8-17)5-4-12-14(11)10(6-16-12)15(18)19-3/h4-6,9,16H,7-8H2,1-3H3. The monoisotopic (exact) mass is 274 g/mol. The lowest BCUT2D eigenvalue weighted by molar-refractivity contribution is 0.0601. The Morgan fingerprint density at radius 3 is 2.95 bits per heavy atom. The van der Waals surface area contributed by atoms with Gasteiger partial charge in [0.05, 0.1) is 12.7 Å². The summed E-state index contributed by atoms with van der Waals surface area (Å²) in [5, 5.41) is 0.902. The van der Waals surface area contributed by atoms with Gasteiger partial charge in [0.15, 0.2) is 0 Å². The van der Waals surface area contributed by atoms with Gasteiger partial charge in [0.25, 0.3) is 0 Å². The highest BCUT2D eigenvalue weighted by molar-refractivity contribution is 6.06. The summed E-state index contributed by atoms with van der Waals surface area (Å²) in [7, 11) is 1.40. The first-order valence-electron chi connectivity index (χ1n) is 6.70. The first kappa shape index (κ1) is 13.0. The molecule has 1 aromatic carbocycles. The normalized spacial score (nSPS) is 15.2. The second kappa shape index (κ2) is 4.83. The molecule has 3 rings (SSSR count). The van der Waals surface area contributed by atoms with E-state index in [9.17, 15) is 4.79 Å². The quantitative estimate of drug-likeness (QED) is 0.855. The van der Waals surface area contributed by atoms with Gasteiger partial charge in [-0.3, -0.25) is 4.90 Å². The molecule has 0 radical (unpaired) electrons. The molecule has 0 spiro atoms. The Morgan fingerprint density at radius 2 is 2.25 bits per heavy atom. The van der Waals surface area contributed by atoms with Crippen LogP contribution < -0.4 is 4.74 Å². The van der Waals surface area contributed by atoms with E-state index in [2.05, 4.69) is 23.7 Å². The van der Waals surface area contributed by atoms with Crippen molar-refractivity contribution in [2.24, 2.45) is 0 Å². The Balaban J connectivity index is 2.16. The highest BCUT2D eigenvalue weighted by Gasteiger charge is 2.25. The average Bonchev–Trinajstić information content (AvgIpc) is 2.90. The molecule has 0 saturated heterocycles. The van der Waals surface area contributed by atoms with Gasteiger partial charge in [-0.05, 0) is 26.0 Å². The van der Waals surface area contributed by atoms with E-state index in [-0.39, 0.29) is 5.97 Å². The summed E-state index contributed by atoms with van der Waals surface area (Å²) in [6.07, 6.45) is 1.70. The highest BCUT2D eigenvalue weighted by Crippen LogP contribution is 2.34. The Hall–Kier alpha value is -2.01. The number of benzene rings is 1. The number of carbonyl (C=O) groups is 1. The predicted molar refractivity (Wildman–Crippen MR) is 75.8 cm³/mol. The number of hydrogen-bond donors (Lipinski definition) is 1. The van der Waals surface area contributed by atoms with Crippen LogP contribution in [0.3, 0.4) is 0 Å². The first-order valence-corrected chi connectivity index (χ1v) is 6.70. The van der Waals surface area contributed by atoms with Crippen LogP contribution in [0.2, 0.25) is 0 Å². The van der Waals surface area contributed by atoms with E-state index in [1.54, 1.807) is 6.20 Å². The third-order valence-corrected chi connectivity index (χ3v) is 3.79. The van der Waals surface area contributed by atoms with Crippen molar-refractivity contribution in [1.82, 2.24) is 9.88 Å². The summed E-state index contributed by atoms with van der Waals surface area (Å²) in [6, 6.07) is 4.28. The maximum atomic E-state index is 11.9. The molecule has 5 nitrogen and oxygen atoms in total. The third-order valence-electron chi connectivity index (χ3n) is 3.79. The van der Waals surface area contributed by atoms with E-state index in [0.29, 0.717) is 18.3 Å². The molecule has 0 amide bonds. The maximum absolute atomic E-state index is 11.9. The summed E-state index contributed by atoms with van der Waals surface area (Å²) in [5.74, 6) is 0.519. The van der Waals surface area contributed by atoms with Crippen LogP contribution in [0.4, 0.5) is 0 Å². The molecule has 0 aliphatic carbocycles. The van der Waals surface area contributed by atoms with Crippen LogP contribution in [0.1, 0.15) is 29.8 Å². The van der Waals surface area contributed by atoms with E-state index in [0.717, 1.165) is 28.8 Å². The van der Waals surface area contributed by atoms with Gasteiger partial charge in [0.2, 0.25) is 0 Å². The molecule has 2 heterocycles. The number of fused-ring (bicyclic) bond motifs is 3. The van der Waals surface area contributed by atoms with Gasteiger partial charge in [0.1, 0.15) is 12.5 Å². The summed E-state index contributed by atoms with van der Waals surface area (Å²) in [5.41, 5.74) is 2.54. The number of ether oxygens (including phenoxy) is 2. The van der Waals surface area contributed by atoms with Crippen molar-refractivity contribution in [3.63, 3.8) is 0 Å². The van der Waals surface area contributed by atoms with Crippen LogP contribution in [0.15, 0.2) is 18.3 Å². The van der Waals surface area contributed by atoms with Gasteiger partial charge < -0.3 is 14.5 Å². The fourth-order valence-electron chi connectivity index (χ4n) is 2.57. The number of H-pyrrole nitrogens is 1. The zero-order valence-corrected chi connectivity index (χ0v) is 11.9. The van der Waals surface area contributed by atoms with Crippen molar-refractivity contribution >= 4 is 16.9 Å². The number of nitrogens with zero attached hydrogens (tertiary/aromatic N) is 1. The lowest BCUT2D eigenvalue weighted by atomic mass is 10.0. The largest absolute Gasteiger partial charge is 0.478 e. The zero-order chi connectivity index (χ0) is 14.3. The van der Waals surface area contributed by atoms with Crippen molar-refractivity contribution in [1.29, 1.82) is 0 Å². The van der Waals surface area contributed by atoms with Gasteiger partial charge in [-0.25, -0.2) is 4.79 Å². The first-order chi connectivity index (χ1) is 9.61. The molecule has 20 heavy (non-hydrogen) atoms. The van der Waals surface area contributed by atoms with Gasteiger partial charge >= 0.3 is 5.97 Å². The molecule has 0 bridgehead atoms. The third kappa shape index (κ3) is 1.94. The number of rotatable bonds is 2. The number of esters is 1. The SMILES string of the molecule is COC(=O)c1c[nH]c2ccc3c(c12)CN(C(C)C)CO3. The summed E-state index contributed by atoms with van der Waals surface area (Å²) in [4.78, 5) is 17.2. The molecule has 0 unspecified atom stereocenters. The Morgan fingerprint density at radius 1 is 1.45 bits per heavy atom. The number of aromatic amines is 1. The Bertz CT molecular complexity index is 660. The fraction of sp³-hybridized carbons (Fsp3) is 0.400. The molecule has 1 N–H and O–H groups in total. The molecule has 2 aromatic rings. The van der Waals surface area contributed by atoms with Crippen LogP contribution >= 0.6 is 0 Å². The molecule has 1 aliphatic rings. The topological polar surface area (TPSA) is 54.6 Å². The number of nitrogens with one attached hydrogen (secondary N) is 1. The van der Waals surface area contributed by atoms with E-state index in [1.807, 2.05) is 12.1 Å². The van der Waals surface area contributed by atoms with Crippen molar-refractivity contribution in [3.8, 4) is 5.75 Å². The number of carbonyl (C=O) groups excluding carboxylic acids is 1. The molecule has 0 fully saturated rings. The van der Waals surface area contributed by atoms with E-state index >= 15 is 0 Å². The molecular weight excluding hydrogens is 256 g/mol. The lowest BCUT2D eigenvalue weighted by Crippen LogP contribution is -2.37. The van der Waals surface area contributed by atoms with Crippen LogP contribution in [0.25, 0.3) is 10.9 Å². The highest BCUT2D eigenvalue weighted by atomic mass is 16.5. The van der Waals surface area contributed by atoms with Crippen LogP contribution in [-0.2, 0) is 11.3 Å². The second-order valence-corrected chi connectivity index (χ2v) is 5.27. The van der Waals surface area contributed by atoms with Gasteiger partial charge in [-0.1, -0.05) is 0 Å². The average molecular weight is 274 g/mol. The number of hydrogen-bond acceptors (Lipinski definition) is 4. The van der Waals surface area contributed by atoms with Crippen LogP contribution in [-0.4, -0.2) is 35.7 Å². The number of aromatic nitrogens is 1. The molecule has 106 valence electrons. The Labute approximate surface area is 117 Å². The van der Waals surface area contributed by atoms with Gasteiger partial charge in [0, 0.05) is 35.2 Å². The van der Waals surface area contributed by atoms with E-state index < -0.39 is 0 Å². The molecule has 0 atom stereocenters. The predicted octanol–water partition coefficient (Wildman–Crippen LogP) is 2.51. The fourth-order valence-corrected chi connectivity index (χ4v) is 2.57. The zero-order valence-electron chi connectivity index (χ0n) is 11.9. The smallest absolute Gasteiger partial charge is 0.340 e. The minimum atomic E-state index is -0.327. The molecule has 5 heteroatoms. The van der Waals surface area contributed by atoms with Crippen LogP contribution in [0, 0.1) is 0 Å². The Kier molecular flexibility index (Phi) is 3.14. The minimum Gasteiger partial charge on any atom is -0.478 e. The van der Waals surface area contributed by atoms with Gasteiger partial charge in [-0.2, -0.15) is 0 Å². The summed E-state index contributed by atoms with van der Waals surface area (Å²) in [6.45, 7) is 5.61. The molecular formula is C15H18N2O3. The molecule has 0 saturated carbocycles. The second-order valence-electron chi connectivity index (χ2n) is 5.27. The van der Waals surface area contributed by atoms with E-state index in [4.69, 9.17) is 9.47 Å². The summed E-state index contributed by atoms with van der Waals surface area (Å²) >= 11 is 0. The molecule has 1 aliphatic heterocycles. The minimum absolute atomic E-state index is 0.327. The van der Waals surface area contributed by atoms with Crippen molar-refractivity contribution < 1.29 is 14.3 Å². The summed E-state index contributed by atoms with van der Waals surface area (Å²) < 4.78 is 10.7. The van der Waals surface area contributed by atoms with Crippen LogP contribution in [0.5, 0.6) is 5.75 Å². The number of methoxy groups -OCH3 is 1. The maximum Gasteiger partial charge on any atom is 0.340 e. The van der Waals surface area contributed by atoms with E-state index in [1.165, 1.54) is 7.11 Å². The lowest BCUT2D eigenvalue weighted by Gasteiger charge is -2.32. The van der Waals surface area contributed by atoms with Crippen molar-refractivity contribution in [2.75, 3.05) is 13.8 Å². The molecule has 1 aromatic heterocycles. The van der Waals surface area contributed by atoms with Gasteiger partial charge in [-0.15, -0.1) is 0 Å². The van der Waals surface area contributed by atoms with Crippen molar-refractivity contribution in [2.45, 2.75) is 26.4 Å².